The van der Waals surface area contributed by atoms with Crippen molar-refractivity contribution in [2.45, 2.75) is 137 Å². The summed E-state index contributed by atoms with van der Waals surface area (Å²) in [6.07, 6.45) is 26.1. The van der Waals surface area contributed by atoms with Crippen molar-refractivity contribution in [3.05, 3.63) is 41.0 Å². The van der Waals surface area contributed by atoms with Crippen molar-refractivity contribution < 1.29 is 0 Å². The molecule has 0 aliphatic rings. The van der Waals surface area contributed by atoms with Crippen LogP contribution in [0.3, 0.4) is 0 Å². The molecule has 1 aromatic carbocycles. The van der Waals surface area contributed by atoms with Gasteiger partial charge in [-0.3, -0.25) is 0 Å². The maximum atomic E-state index is 2.58. The summed E-state index contributed by atoms with van der Waals surface area (Å²) in [6, 6.07) is 6.97. The van der Waals surface area contributed by atoms with Gasteiger partial charge in [0.2, 0.25) is 0 Å². The lowest BCUT2D eigenvalue weighted by Gasteiger charge is -2.13. The van der Waals surface area contributed by atoms with Gasteiger partial charge in [0.25, 0.3) is 0 Å². The lowest BCUT2D eigenvalue weighted by molar-refractivity contribution is 0.578. The van der Waals surface area contributed by atoms with E-state index in [0.29, 0.717) is 0 Å². The summed E-state index contributed by atoms with van der Waals surface area (Å²) in [5.41, 5.74) is 5.96. The molecule has 0 aromatic heterocycles. The summed E-state index contributed by atoms with van der Waals surface area (Å²) in [5.74, 6) is 0. The van der Waals surface area contributed by atoms with E-state index < -0.39 is 0 Å². The average molecular weight is 399 g/mol. The largest absolute Gasteiger partial charge is 0.0807 e. The number of benzene rings is 1. The molecule has 0 saturated carbocycles. The third-order valence-electron chi connectivity index (χ3n) is 6.24. The van der Waals surface area contributed by atoms with E-state index in [9.17, 15) is 0 Å². The molecule has 0 aliphatic heterocycles. The Morgan fingerprint density at radius 1 is 0.655 bits per heavy atom. The fourth-order valence-electron chi connectivity index (χ4n) is 4.26. The van der Waals surface area contributed by atoms with E-state index in [2.05, 4.69) is 52.0 Å². The molecule has 166 valence electrons. The Hall–Kier alpha value is -1.04. The van der Waals surface area contributed by atoms with Crippen LogP contribution in [0.15, 0.2) is 24.3 Å². The number of unbranched alkanes of at least 4 members (excludes halogenated alkanes) is 14. The summed E-state index contributed by atoms with van der Waals surface area (Å²) in [6.45, 7) is 9.11. The summed E-state index contributed by atoms with van der Waals surface area (Å²) in [5, 5.41) is 0. The third kappa shape index (κ3) is 13.0. The molecule has 0 unspecified atom stereocenters. The van der Waals surface area contributed by atoms with Gasteiger partial charge in [-0.15, -0.1) is 0 Å². The van der Waals surface area contributed by atoms with Crippen LogP contribution in [0.2, 0.25) is 0 Å². The number of rotatable bonds is 18. The highest BCUT2D eigenvalue weighted by Gasteiger charge is 2.06. The first-order chi connectivity index (χ1) is 14.2. The predicted molar refractivity (Wildman–Crippen MR) is 134 cm³/mol. The molecule has 0 N–H and O–H groups in total. The molecule has 0 bridgehead atoms. The SMILES string of the molecule is CCCCCCCCC/C=C(/CCCCCCCCCC)c1cc(C)ccc1C. The molecule has 0 amide bonds. The van der Waals surface area contributed by atoms with Gasteiger partial charge in [0.15, 0.2) is 0 Å². The second-order valence-corrected chi connectivity index (χ2v) is 9.18. The van der Waals surface area contributed by atoms with Crippen LogP contribution in [0.5, 0.6) is 0 Å². The van der Waals surface area contributed by atoms with Crippen LogP contribution in [-0.2, 0) is 0 Å². The lowest BCUT2D eigenvalue weighted by atomic mass is 9.93. The van der Waals surface area contributed by atoms with Crippen molar-refractivity contribution in [3.63, 3.8) is 0 Å². The zero-order valence-corrected chi connectivity index (χ0v) is 20.3. The molecule has 1 aromatic rings. The van der Waals surface area contributed by atoms with E-state index in [0.717, 1.165) is 0 Å². The Balaban J connectivity index is 2.44. The van der Waals surface area contributed by atoms with Gasteiger partial charge in [0.05, 0.1) is 0 Å². The molecule has 0 atom stereocenters. The maximum Gasteiger partial charge on any atom is -0.0196 e. The Morgan fingerprint density at radius 3 is 1.76 bits per heavy atom. The van der Waals surface area contributed by atoms with E-state index >= 15 is 0 Å². The predicted octanol–water partition coefficient (Wildman–Crippen LogP) is 10.4. The molecule has 0 fully saturated rings. The van der Waals surface area contributed by atoms with Crippen LogP contribution in [0.25, 0.3) is 5.57 Å². The zero-order chi connectivity index (χ0) is 21.2. The molecule has 0 heteroatoms. The van der Waals surface area contributed by atoms with E-state index in [4.69, 9.17) is 0 Å². The van der Waals surface area contributed by atoms with Crippen molar-refractivity contribution in [1.29, 1.82) is 0 Å². The van der Waals surface area contributed by atoms with Crippen LogP contribution in [-0.4, -0.2) is 0 Å². The first kappa shape index (κ1) is 26.0. The third-order valence-corrected chi connectivity index (χ3v) is 6.24. The fraction of sp³-hybridized carbons (Fsp3) is 0.724. The Labute approximate surface area is 183 Å². The van der Waals surface area contributed by atoms with E-state index in [1.165, 1.54) is 126 Å². The molecule has 0 aliphatic carbocycles. The minimum atomic E-state index is 1.26. The fourth-order valence-corrected chi connectivity index (χ4v) is 4.26. The number of hydrogen-bond donors (Lipinski definition) is 0. The zero-order valence-electron chi connectivity index (χ0n) is 20.3. The number of aryl methyl sites for hydroxylation is 2. The van der Waals surface area contributed by atoms with Crippen molar-refractivity contribution in [1.82, 2.24) is 0 Å². The van der Waals surface area contributed by atoms with Crippen LogP contribution < -0.4 is 0 Å². The van der Waals surface area contributed by atoms with Crippen LogP contribution in [0.4, 0.5) is 0 Å². The van der Waals surface area contributed by atoms with Gasteiger partial charge >= 0.3 is 0 Å². The highest BCUT2D eigenvalue weighted by atomic mass is 14.1. The first-order valence-electron chi connectivity index (χ1n) is 13.0. The summed E-state index contributed by atoms with van der Waals surface area (Å²) >= 11 is 0. The molecule has 0 heterocycles. The minimum absolute atomic E-state index is 1.26. The highest BCUT2D eigenvalue weighted by Crippen LogP contribution is 2.27. The molecular weight excluding hydrogens is 348 g/mol. The first-order valence-corrected chi connectivity index (χ1v) is 13.0. The molecule has 0 nitrogen and oxygen atoms in total. The van der Waals surface area contributed by atoms with E-state index in [1.807, 2.05) is 0 Å². The summed E-state index contributed by atoms with van der Waals surface area (Å²) < 4.78 is 0. The van der Waals surface area contributed by atoms with Gasteiger partial charge in [-0.05, 0) is 56.2 Å². The smallest absolute Gasteiger partial charge is 0.0196 e. The lowest BCUT2D eigenvalue weighted by Crippen LogP contribution is -1.92. The second-order valence-electron chi connectivity index (χ2n) is 9.18. The van der Waals surface area contributed by atoms with E-state index in [-0.39, 0.29) is 0 Å². The number of hydrogen-bond acceptors (Lipinski definition) is 0. The normalized spacial score (nSPS) is 11.9. The molecule has 0 radical (unpaired) electrons. The van der Waals surface area contributed by atoms with Gasteiger partial charge in [-0.2, -0.15) is 0 Å². The van der Waals surface area contributed by atoms with Crippen molar-refractivity contribution >= 4 is 5.57 Å². The van der Waals surface area contributed by atoms with Gasteiger partial charge in [-0.25, -0.2) is 0 Å². The Bertz CT molecular complexity index is 537. The molecular formula is C29H50. The molecule has 1 rings (SSSR count). The summed E-state index contributed by atoms with van der Waals surface area (Å²) in [7, 11) is 0. The average Bonchev–Trinajstić information content (AvgIpc) is 2.72. The van der Waals surface area contributed by atoms with Crippen molar-refractivity contribution in [2.24, 2.45) is 0 Å². The number of allylic oxidation sites excluding steroid dienone is 2. The molecule has 0 saturated heterocycles. The topological polar surface area (TPSA) is 0 Å². The molecule has 29 heavy (non-hydrogen) atoms. The maximum absolute atomic E-state index is 2.58. The van der Waals surface area contributed by atoms with Crippen LogP contribution in [0, 0.1) is 13.8 Å². The van der Waals surface area contributed by atoms with Crippen molar-refractivity contribution in [2.75, 3.05) is 0 Å². The van der Waals surface area contributed by atoms with Gasteiger partial charge < -0.3 is 0 Å². The standard InChI is InChI=1S/C29H50/c1-5-7-9-11-13-15-17-19-21-28(29-25-26(3)23-24-27(29)4)22-20-18-16-14-12-10-8-6-2/h21,23-25H,5-20,22H2,1-4H3/b28-21-. The quantitative estimate of drug-likeness (QED) is 0.216. The Morgan fingerprint density at radius 2 is 1.17 bits per heavy atom. The minimum Gasteiger partial charge on any atom is -0.0807 e. The molecule has 0 spiro atoms. The van der Waals surface area contributed by atoms with E-state index in [1.54, 1.807) is 5.57 Å². The second kappa shape index (κ2) is 17.8. The van der Waals surface area contributed by atoms with Gasteiger partial charge in [-0.1, -0.05) is 127 Å². The summed E-state index contributed by atoms with van der Waals surface area (Å²) in [4.78, 5) is 0. The van der Waals surface area contributed by atoms with Crippen LogP contribution in [0.1, 0.15) is 140 Å². The Kier molecular flexibility index (Phi) is 15.9. The van der Waals surface area contributed by atoms with Gasteiger partial charge in [0.1, 0.15) is 0 Å². The van der Waals surface area contributed by atoms with Gasteiger partial charge in [0, 0.05) is 0 Å². The monoisotopic (exact) mass is 398 g/mol. The van der Waals surface area contributed by atoms with Crippen molar-refractivity contribution in [3.8, 4) is 0 Å². The highest BCUT2D eigenvalue weighted by molar-refractivity contribution is 5.68. The van der Waals surface area contributed by atoms with Crippen LogP contribution >= 0.6 is 0 Å².